The second-order valence-corrected chi connectivity index (χ2v) is 5.99. The third kappa shape index (κ3) is 3.53. The lowest BCUT2D eigenvalue weighted by Gasteiger charge is -2.10. The third-order valence-corrected chi connectivity index (χ3v) is 4.18. The first-order chi connectivity index (χ1) is 11.6. The lowest BCUT2D eigenvalue weighted by molar-refractivity contribution is -0.145. The highest BCUT2D eigenvalue weighted by molar-refractivity contribution is 6.32. The van der Waals surface area contributed by atoms with Crippen LogP contribution < -0.4 is 4.74 Å². The van der Waals surface area contributed by atoms with Crippen LogP contribution in [0, 0.1) is 5.82 Å². The molecular formula is C17H18ClFN2O3. The molecule has 5 nitrogen and oxygen atoms in total. The molecule has 0 amide bonds. The SMILES string of the molecule is CCOC(=O)COc1cc(-n2cc3c(n2)CCCC3)c(F)cc1Cl. The molecule has 2 aromatic rings. The van der Waals surface area contributed by atoms with E-state index >= 15 is 0 Å². The van der Waals surface area contributed by atoms with Crippen LogP contribution in [0.25, 0.3) is 5.69 Å². The largest absolute Gasteiger partial charge is 0.480 e. The van der Waals surface area contributed by atoms with Gasteiger partial charge >= 0.3 is 5.97 Å². The maximum Gasteiger partial charge on any atom is 0.344 e. The van der Waals surface area contributed by atoms with Gasteiger partial charge in [-0.3, -0.25) is 0 Å². The molecule has 0 saturated carbocycles. The van der Waals surface area contributed by atoms with Gasteiger partial charge in [-0.15, -0.1) is 0 Å². The van der Waals surface area contributed by atoms with Crippen LogP contribution >= 0.6 is 11.6 Å². The second-order valence-electron chi connectivity index (χ2n) is 5.58. The van der Waals surface area contributed by atoms with Crippen LogP contribution in [0.15, 0.2) is 18.3 Å². The lowest BCUT2D eigenvalue weighted by atomic mass is 9.99. The average molecular weight is 353 g/mol. The standard InChI is InChI=1S/C17H18ClFN2O3/c1-2-23-17(22)10-24-16-8-15(13(19)7-12(16)18)21-9-11-5-3-4-6-14(11)20-21/h7-9H,2-6,10H2,1H3. The molecule has 24 heavy (non-hydrogen) atoms. The molecule has 1 aromatic carbocycles. The molecule has 0 unspecified atom stereocenters. The quantitative estimate of drug-likeness (QED) is 0.773. The van der Waals surface area contributed by atoms with E-state index in [9.17, 15) is 9.18 Å². The molecule has 0 radical (unpaired) electrons. The smallest absolute Gasteiger partial charge is 0.344 e. The number of nitrogens with zero attached hydrogens (tertiary/aromatic N) is 2. The Kier molecular flexibility index (Phi) is 5.04. The fourth-order valence-electron chi connectivity index (χ4n) is 2.74. The zero-order valence-corrected chi connectivity index (χ0v) is 14.1. The Labute approximate surface area is 144 Å². The molecule has 0 spiro atoms. The summed E-state index contributed by atoms with van der Waals surface area (Å²) >= 11 is 6.00. The van der Waals surface area contributed by atoms with Crippen molar-refractivity contribution in [2.75, 3.05) is 13.2 Å². The first kappa shape index (κ1) is 16.8. The van der Waals surface area contributed by atoms with Crippen LogP contribution in [0.3, 0.4) is 0 Å². The Morgan fingerprint density at radius 1 is 1.38 bits per heavy atom. The van der Waals surface area contributed by atoms with Crippen LogP contribution in [0.4, 0.5) is 4.39 Å². The van der Waals surface area contributed by atoms with Gasteiger partial charge in [0.25, 0.3) is 0 Å². The summed E-state index contributed by atoms with van der Waals surface area (Å²) in [6, 6.07) is 2.62. The minimum Gasteiger partial charge on any atom is -0.480 e. The number of benzene rings is 1. The van der Waals surface area contributed by atoms with Gasteiger partial charge in [-0.2, -0.15) is 5.10 Å². The van der Waals surface area contributed by atoms with E-state index in [-0.39, 0.29) is 29.7 Å². The van der Waals surface area contributed by atoms with E-state index in [1.807, 2.05) is 6.20 Å². The normalized spacial score (nSPS) is 13.5. The molecule has 0 aliphatic heterocycles. The number of carbonyl (C=O) groups excluding carboxylic acids is 1. The van der Waals surface area contributed by atoms with Gasteiger partial charge in [0.1, 0.15) is 11.4 Å². The summed E-state index contributed by atoms with van der Waals surface area (Å²) < 4.78 is 26.0. The van der Waals surface area contributed by atoms with Crippen molar-refractivity contribution in [3.63, 3.8) is 0 Å². The monoisotopic (exact) mass is 352 g/mol. The molecule has 0 atom stereocenters. The minimum absolute atomic E-state index is 0.0949. The molecule has 1 aliphatic rings. The van der Waals surface area contributed by atoms with E-state index < -0.39 is 11.8 Å². The highest BCUT2D eigenvalue weighted by Crippen LogP contribution is 2.30. The first-order valence-corrected chi connectivity index (χ1v) is 8.31. The fraction of sp³-hybridized carbons (Fsp3) is 0.412. The summed E-state index contributed by atoms with van der Waals surface area (Å²) in [5.41, 5.74) is 2.39. The Morgan fingerprint density at radius 3 is 2.92 bits per heavy atom. The van der Waals surface area contributed by atoms with E-state index in [1.165, 1.54) is 10.7 Å². The second kappa shape index (κ2) is 7.21. The van der Waals surface area contributed by atoms with Crippen molar-refractivity contribution in [3.05, 3.63) is 40.4 Å². The topological polar surface area (TPSA) is 53.4 Å². The summed E-state index contributed by atoms with van der Waals surface area (Å²) in [5.74, 6) is -0.785. The maximum absolute atomic E-state index is 14.3. The van der Waals surface area contributed by atoms with E-state index in [4.69, 9.17) is 21.1 Å². The Hall–Kier alpha value is -2.08. The van der Waals surface area contributed by atoms with Crippen molar-refractivity contribution >= 4 is 17.6 Å². The minimum atomic E-state index is -0.506. The van der Waals surface area contributed by atoms with E-state index in [1.54, 1.807) is 6.92 Å². The maximum atomic E-state index is 14.3. The molecular weight excluding hydrogens is 335 g/mol. The van der Waals surface area contributed by atoms with Crippen LogP contribution in [0.1, 0.15) is 31.0 Å². The summed E-state index contributed by atoms with van der Waals surface area (Å²) in [4.78, 5) is 11.4. The van der Waals surface area contributed by atoms with Crippen molar-refractivity contribution in [1.82, 2.24) is 9.78 Å². The van der Waals surface area contributed by atoms with Gasteiger partial charge in [-0.25, -0.2) is 13.9 Å². The lowest BCUT2D eigenvalue weighted by Crippen LogP contribution is -2.15. The number of ether oxygens (including phenoxy) is 2. The van der Waals surface area contributed by atoms with Gasteiger partial charge in [0.15, 0.2) is 12.4 Å². The number of hydrogen-bond acceptors (Lipinski definition) is 4. The highest BCUT2D eigenvalue weighted by Gasteiger charge is 2.18. The predicted molar refractivity (Wildman–Crippen MR) is 87.3 cm³/mol. The van der Waals surface area contributed by atoms with Gasteiger partial charge < -0.3 is 9.47 Å². The number of esters is 1. The number of aromatic nitrogens is 2. The molecule has 0 N–H and O–H groups in total. The fourth-order valence-corrected chi connectivity index (χ4v) is 2.94. The van der Waals surface area contributed by atoms with Gasteiger partial charge in [0, 0.05) is 12.3 Å². The third-order valence-electron chi connectivity index (χ3n) is 3.89. The molecule has 128 valence electrons. The zero-order chi connectivity index (χ0) is 17.1. The van der Waals surface area contributed by atoms with Crippen molar-refractivity contribution in [2.45, 2.75) is 32.6 Å². The molecule has 1 aromatic heterocycles. The molecule has 0 fully saturated rings. The van der Waals surface area contributed by atoms with Crippen LogP contribution in [-0.4, -0.2) is 29.0 Å². The van der Waals surface area contributed by atoms with Gasteiger partial charge in [-0.1, -0.05) is 11.6 Å². The van der Waals surface area contributed by atoms with Gasteiger partial charge in [0.2, 0.25) is 0 Å². The Bertz CT molecular complexity index is 737. The van der Waals surface area contributed by atoms with Gasteiger partial charge in [0.05, 0.1) is 17.3 Å². The van der Waals surface area contributed by atoms with Crippen molar-refractivity contribution < 1.29 is 18.7 Å². The molecule has 1 heterocycles. The predicted octanol–water partition coefficient (Wildman–Crippen LogP) is 3.49. The molecule has 1 aliphatic carbocycles. The number of halogens is 2. The van der Waals surface area contributed by atoms with Crippen LogP contribution in [0.2, 0.25) is 5.02 Å². The first-order valence-electron chi connectivity index (χ1n) is 7.93. The van der Waals surface area contributed by atoms with Crippen molar-refractivity contribution in [3.8, 4) is 11.4 Å². The number of carbonyl (C=O) groups is 1. The number of fused-ring (bicyclic) bond motifs is 1. The molecule has 7 heteroatoms. The number of hydrogen-bond donors (Lipinski definition) is 0. The molecule has 0 bridgehead atoms. The molecule has 3 rings (SSSR count). The van der Waals surface area contributed by atoms with E-state index in [0.29, 0.717) is 0 Å². The van der Waals surface area contributed by atoms with Crippen LogP contribution in [-0.2, 0) is 22.4 Å². The summed E-state index contributed by atoms with van der Waals surface area (Å²) in [6.07, 6.45) is 5.92. The number of aryl methyl sites for hydroxylation is 2. The van der Waals surface area contributed by atoms with Crippen molar-refractivity contribution in [1.29, 1.82) is 0 Å². The summed E-state index contributed by atoms with van der Waals surface area (Å²) in [7, 11) is 0. The van der Waals surface area contributed by atoms with Crippen molar-refractivity contribution in [2.24, 2.45) is 0 Å². The summed E-state index contributed by atoms with van der Waals surface area (Å²) in [6.45, 7) is 1.69. The van der Waals surface area contributed by atoms with Crippen LogP contribution in [0.5, 0.6) is 5.75 Å². The summed E-state index contributed by atoms with van der Waals surface area (Å²) in [5, 5.41) is 4.56. The zero-order valence-electron chi connectivity index (χ0n) is 13.3. The number of rotatable bonds is 5. The van der Waals surface area contributed by atoms with E-state index in [0.717, 1.165) is 43.0 Å². The highest BCUT2D eigenvalue weighted by atomic mass is 35.5. The average Bonchev–Trinajstić information content (AvgIpc) is 2.98. The van der Waals surface area contributed by atoms with Gasteiger partial charge in [-0.05, 0) is 44.2 Å². The Balaban J connectivity index is 1.86. The van der Waals surface area contributed by atoms with E-state index in [2.05, 4.69) is 5.10 Å². The Morgan fingerprint density at radius 2 is 2.17 bits per heavy atom. The molecule has 0 saturated heterocycles.